The summed E-state index contributed by atoms with van der Waals surface area (Å²) in [5.41, 5.74) is 0.549. The maximum Gasteiger partial charge on any atom is 0.257 e. The average molecular weight is 319 g/mol. The van der Waals surface area contributed by atoms with Crippen LogP contribution >= 0.6 is 0 Å². The fourth-order valence-electron chi connectivity index (χ4n) is 2.85. The van der Waals surface area contributed by atoms with Crippen molar-refractivity contribution < 1.29 is 19.0 Å². The molecular formula is C18H25NO4. The molecule has 1 aliphatic heterocycles. The Morgan fingerprint density at radius 3 is 2.65 bits per heavy atom. The van der Waals surface area contributed by atoms with Crippen LogP contribution in [-0.2, 0) is 4.74 Å². The number of rotatable bonds is 7. The zero-order valence-corrected chi connectivity index (χ0v) is 13.9. The molecule has 1 saturated heterocycles. The van der Waals surface area contributed by atoms with E-state index in [0.717, 1.165) is 32.5 Å². The minimum Gasteiger partial charge on any atom is -0.493 e. The number of hydrogen-bond acceptors (Lipinski definition) is 4. The Balaban J connectivity index is 1.99. The number of carbonyl (C=O) groups is 1. The number of nitrogens with zero attached hydrogens (tertiary/aromatic N) is 1. The Bertz CT molecular complexity index is 536. The predicted octanol–water partition coefficient (Wildman–Crippen LogP) is 2.76. The van der Waals surface area contributed by atoms with Gasteiger partial charge in [-0.2, -0.15) is 0 Å². The molecule has 0 N–H and O–H groups in total. The number of benzene rings is 1. The van der Waals surface area contributed by atoms with Gasteiger partial charge < -0.3 is 19.1 Å². The van der Waals surface area contributed by atoms with Crippen LogP contribution in [0.4, 0.5) is 0 Å². The molecule has 0 radical (unpaired) electrons. The van der Waals surface area contributed by atoms with Crippen LogP contribution in [0.5, 0.6) is 11.5 Å². The smallest absolute Gasteiger partial charge is 0.257 e. The monoisotopic (exact) mass is 319 g/mol. The number of para-hydroxylation sites is 1. The van der Waals surface area contributed by atoms with Crippen LogP contribution in [0.15, 0.2) is 30.9 Å². The lowest BCUT2D eigenvalue weighted by Gasteiger charge is -2.32. The molecular weight excluding hydrogens is 294 g/mol. The summed E-state index contributed by atoms with van der Waals surface area (Å²) in [6.45, 7) is 6.43. The molecule has 0 atom stereocenters. The van der Waals surface area contributed by atoms with Crippen molar-refractivity contribution >= 4 is 5.91 Å². The van der Waals surface area contributed by atoms with Gasteiger partial charge in [0.05, 0.1) is 26.4 Å². The van der Waals surface area contributed by atoms with E-state index in [9.17, 15) is 4.79 Å². The minimum absolute atomic E-state index is 0.00814. The molecule has 0 spiro atoms. The van der Waals surface area contributed by atoms with Crippen LogP contribution < -0.4 is 9.47 Å². The summed E-state index contributed by atoms with van der Waals surface area (Å²) >= 11 is 0. The quantitative estimate of drug-likeness (QED) is 0.573. The highest BCUT2D eigenvalue weighted by Gasteiger charge is 2.26. The van der Waals surface area contributed by atoms with Crippen molar-refractivity contribution in [2.24, 2.45) is 5.92 Å². The summed E-state index contributed by atoms with van der Waals surface area (Å²) in [5.74, 6) is 1.57. The van der Waals surface area contributed by atoms with Gasteiger partial charge in [-0.3, -0.25) is 4.79 Å². The van der Waals surface area contributed by atoms with E-state index in [1.54, 1.807) is 32.4 Å². The summed E-state index contributed by atoms with van der Waals surface area (Å²) in [4.78, 5) is 14.6. The Kier molecular flexibility index (Phi) is 6.47. The molecule has 1 aromatic carbocycles. The maximum atomic E-state index is 12.8. The van der Waals surface area contributed by atoms with E-state index >= 15 is 0 Å². The zero-order valence-electron chi connectivity index (χ0n) is 13.9. The van der Waals surface area contributed by atoms with Crippen molar-refractivity contribution in [1.29, 1.82) is 0 Å². The fraction of sp³-hybridized carbons (Fsp3) is 0.500. The van der Waals surface area contributed by atoms with Gasteiger partial charge in [-0.25, -0.2) is 0 Å². The van der Waals surface area contributed by atoms with Gasteiger partial charge in [0, 0.05) is 19.7 Å². The van der Waals surface area contributed by atoms with E-state index in [1.807, 2.05) is 11.0 Å². The van der Waals surface area contributed by atoms with E-state index < -0.39 is 0 Å². The van der Waals surface area contributed by atoms with Crippen molar-refractivity contribution in [2.45, 2.75) is 12.8 Å². The third-order valence-corrected chi connectivity index (χ3v) is 4.12. The predicted molar refractivity (Wildman–Crippen MR) is 89.2 cm³/mol. The molecule has 1 fully saturated rings. The SMILES string of the molecule is C=CCOCC1CCN(C(=O)c2cccc(OC)c2OC)CC1. The first-order valence-corrected chi connectivity index (χ1v) is 7.90. The summed E-state index contributed by atoms with van der Waals surface area (Å²) in [6, 6.07) is 5.38. The highest BCUT2D eigenvalue weighted by molar-refractivity contribution is 5.97. The average Bonchev–Trinajstić information content (AvgIpc) is 2.61. The summed E-state index contributed by atoms with van der Waals surface area (Å²) < 4.78 is 16.1. The van der Waals surface area contributed by atoms with Crippen LogP contribution in [0, 0.1) is 5.92 Å². The van der Waals surface area contributed by atoms with Gasteiger partial charge in [0.1, 0.15) is 0 Å². The van der Waals surface area contributed by atoms with Gasteiger partial charge in [0.15, 0.2) is 11.5 Å². The second-order valence-corrected chi connectivity index (χ2v) is 5.60. The molecule has 1 aromatic rings. The van der Waals surface area contributed by atoms with Crippen LogP contribution in [0.25, 0.3) is 0 Å². The molecule has 23 heavy (non-hydrogen) atoms. The molecule has 0 saturated carbocycles. The number of likely N-dealkylation sites (tertiary alicyclic amines) is 1. The van der Waals surface area contributed by atoms with Crippen molar-refractivity contribution in [1.82, 2.24) is 4.90 Å². The van der Waals surface area contributed by atoms with Crippen LogP contribution in [-0.4, -0.2) is 51.3 Å². The van der Waals surface area contributed by atoms with Gasteiger partial charge in [-0.05, 0) is 30.9 Å². The van der Waals surface area contributed by atoms with Crippen LogP contribution in [0.2, 0.25) is 0 Å². The van der Waals surface area contributed by atoms with Crippen molar-refractivity contribution in [3.63, 3.8) is 0 Å². The highest BCUT2D eigenvalue weighted by Crippen LogP contribution is 2.32. The van der Waals surface area contributed by atoms with E-state index in [-0.39, 0.29) is 5.91 Å². The number of carbonyl (C=O) groups excluding carboxylic acids is 1. The molecule has 0 aliphatic carbocycles. The molecule has 2 rings (SSSR count). The molecule has 0 unspecified atom stereocenters. The van der Waals surface area contributed by atoms with E-state index in [4.69, 9.17) is 14.2 Å². The zero-order chi connectivity index (χ0) is 16.7. The largest absolute Gasteiger partial charge is 0.493 e. The van der Waals surface area contributed by atoms with E-state index in [2.05, 4.69) is 6.58 Å². The molecule has 5 nitrogen and oxygen atoms in total. The standard InChI is InChI=1S/C18H25NO4/c1-4-12-23-13-14-8-10-19(11-9-14)18(20)15-6-5-7-16(21-2)17(15)22-3/h4-7,14H,1,8-13H2,2-3H3. The van der Waals surface area contributed by atoms with Crippen molar-refractivity contribution in [2.75, 3.05) is 40.5 Å². The van der Waals surface area contributed by atoms with Gasteiger partial charge in [-0.15, -0.1) is 6.58 Å². The van der Waals surface area contributed by atoms with Crippen molar-refractivity contribution in [3.05, 3.63) is 36.4 Å². The second-order valence-electron chi connectivity index (χ2n) is 5.60. The molecule has 1 amide bonds. The van der Waals surface area contributed by atoms with Gasteiger partial charge in [0.2, 0.25) is 0 Å². The first kappa shape index (κ1) is 17.3. The third-order valence-electron chi connectivity index (χ3n) is 4.12. The number of piperidine rings is 1. The minimum atomic E-state index is -0.00814. The molecule has 1 heterocycles. The molecule has 5 heteroatoms. The first-order valence-electron chi connectivity index (χ1n) is 7.90. The van der Waals surface area contributed by atoms with Crippen molar-refractivity contribution in [3.8, 4) is 11.5 Å². The third kappa shape index (κ3) is 4.26. The summed E-state index contributed by atoms with van der Waals surface area (Å²) in [5, 5.41) is 0. The second kappa shape index (κ2) is 8.58. The maximum absolute atomic E-state index is 12.8. The van der Waals surface area contributed by atoms with Gasteiger partial charge in [-0.1, -0.05) is 12.1 Å². The molecule has 0 aromatic heterocycles. The van der Waals surface area contributed by atoms with Gasteiger partial charge >= 0.3 is 0 Å². The first-order chi connectivity index (χ1) is 11.2. The summed E-state index contributed by atoms with van der Waals surface area (Å²) in [6.07, 6.45) is 3.66. The summed E-state index contributed by atoms with van der Waals surface area (Å²) in [7, 11) is 3.12. The Labute approximate surface area is 137 Å². The molecule has 126 valence electrons. The topological polar surface area (TPSA) is 48.0 Å². The lowest BCUT2D eigenvalue weighted by Crippen LogP contribution is -2.39. The van der Waals surface area contributed by atoms with E-state index in [1.165, 1.54) is 0 Å². The fourth-order valence-corrected chi connectivity index (χ4v) is 2.85. The lowest BCUT2D eigenvalue weighted by atomic mass is 9.97. The Morgan fingerprint density at radius 1 is 1.30 bits per heavy atom. The number of amides is 1. The highest BCUT2D eigenvalue weighted by atomic mass is 16.5. The lowest BCUT2D eigenvalue weighted by molar-refractivity contribution is 0.0572. The van der Waals surface area contributed by atoms with Crippen LogP contribution in [0.3, 0.4) is 0 Å². The molecule has 1 aliphatic rings. The normalized spacial score (nSPS) is 15.3. The Morgan fingerprint density at radius 2 is 2.04 bits per heavy atom. The van der Waals surface area contributed by atoms with Crippen LogP contribution in [0.1, 0.15) is 23.2 Å². The molecule has 0 bridgehead atoms. The number of ether oxygens (including phenoxy) is 3. The van der Waals surface area contributed by atoms with E-state index in [0.29, 0.717) is 29.6 Å². The Hall–Kier alpha value is -2.01. The number of methoxy groups -OCH3 is 2. The number of hydrogen-bond donors (Lipinski definition) is 0. The van der Waals surface area contributed by atoms with Gasteiger partial charge in [0.25, 0.3) is 5.91 Å².